The van der Waals surface area contributed by atoms with E-state index < -0.39 is 0 Å². The van der Waals surface area contributed by atoms with Crippen LogP contribution in [0.2, 0.25) is 0 Å². The zero-order valence-corrected chi connectivity index (χ0v) is 17.8. The van der Waals surface area contributed by atoms with Gasteiger partial charge < -0.3 is 13.9 Å². The van der Waals surface area contributed by atoms with E-state index in [1.807, 2.05) is 24.3 Å². The number of nitrogens with zero attached hydrogens (tertiary/aromatic N) is 3. The first-order chi connectivity index (χ1) is 15.7. The summed E-state index contributed by atoms with van der Waals surface area (Å²) >= 11 is 0. The third-order valence-electron chi connectivity index (χ3n) is 6.63. The van der Waals surface area contributed by atoms with E-state index in [0.717, 1.165) is 60.8 Å². The molecular weight excluding hydrogens is 394 g/mol. The molecule has 152 valence electrons. The van der Waals surface area contributed by atoms with Crippen molar-refractivity contribution in [3.8, 4) is 11.8 Å². The third-order valence-corrected chi connectivity index (χ3v) is 6.63. The first-order valence-corrected chi connectivity index (χ1v) is 10.9. The SMILES string of the molecule is CC(C)N1c2ccccc2-n2c3c1cc(C#N)cc3c1ccc3oc4ccccc4c3c12. The zero-order valence-electron chi connectivity index (χ0n) is 17.8. The fraction of sp³-hybridized carbons (Fsp3) is 0.107. The molecule has 0 saturated heterocycles. The van der Waals surface area contributed by atoms with Crippen LogP contribution >= 0.6 is 0 Å². The summed E-state index contributed by atoms with van der Waals surface area (Å²) in [5, 5.41) is 14.3. The first kappa shape index (κ1) is 17.5. The molecule has 1 aliphatic rings. The van der Waals surface area contributed by atoms with Gasteiger partial charge in [-0.25, -0.2) is 0 Å². The number of para-hydroxylation sites is 3. The minimum Gasteiger partial charge on any atom is -0.456 e. The average molecular weight is 413 g/mol. The maximum absolute atomic E-state index is 9.82. The summed E-state index contributed by atoms with van der Waals surface area (Å²) in [4.78, 5) is 2.35. The molecule has 0 unspecified atom stereocenters. The van der Waals surface area contributed by atoms with Gasteiger partial charge in [-0.15, -0.1) is 0 Å². The van der Waals surface area contributed by atoms with Crippen molar-refractivity contribution in [1.29, 1.82) is 5.26 Å². The van der Waals surface area contributed by atoms with E-state index >= 15 is 0 Å². The van der Waals surface area contributed by atoms with Crippen molar-refractivity contribution in [1.82, 2.24) is 4.57 Å². The minimum absolute atomic E-state index is 0.245. The predicted octanol–water partition coefficient (Wildman–Crippen LogP) is 7.41. The Bertz CT molecular complexity index is 1780. The Hall–Kier alpha value is -4.23. The molecule has 7 rings (SSSR count). The lowest BCUT2D eigenvalue weighted by molar-refractivity contribution is 0.669. The molecule has 32 heavy (non-hydrogen) atoms. The van der Waals surface area contributed by atoms with E-state index in [-0.39, 0.29) is 6.04 Å². The summed E-state index contributed by atoms with van der Waals surface area (Å²) in [7, 11) is 0. The van der Waals surface area contributed by atoms with E-state index in [9.17, 15) is 5.26 Å². The Balaban J connectivity index is 1.82. The van der Waals surface area contributed by atoms with Crippen LogP contribution in [0.25, 0.3) is 49.4 Å². The average Bonchev–Trinajstić information content (AvgIpc) is 3.35. The van der Waals surface area contributed by atoms with Crippen LogP contribution in [0.15, 0.2) is 77.2 Å². The van der Waals surface area contributed by atoms with E-state index in [4.69, 9.17) is 4.42 Å². The molecule has 0 radical (unpaired) electrons. The van der Waals surface area contributed by atoms with Crippen LogP contribution in [0.5, 0.6) is 0 Å². The number of aromatic nitrogens is 1. The number of hydrogen-bond donors (Lipinski definition) is 0. The number of rotatable bonds is 1. The number of benzene rings is 4. The Morgan fingerprint density at radius 2 is 1.53 bits per heavy atom. The highest BCUT2D eigenvalue weighted by Crippen LogP contribution is 2.49. The molecule has 6 aromatic rings. The fourth-order valence-electron chi connectivity index (χ4n) is 5.45. The molecule has 4 aromatic carbocycles. The maximum Gasteiger partial charge on any atom is 0.137 e. The molecule has 0 saturated carbocycles. The van der Waals surface area contributed by atoms with Gasteiger partial charge in [0.05, 0.1) is 45.1 Å². The number of hydrogen-bond acceptors (Lipinski definition) is 3. The molecule has 0 amide bonds. The van der Waals surface area contributed by atoms with Crippen LogP contribution in [0.3, 0.4) is 0 Å². The predicted molar refractivity (Wildman–Crippen MR) is 130 cm³/mol. The number of furan rings is 1. The zero-order chi connectivity index (χ0) is 21.6. The van der Waals surface area contributed by atoms with Crippen molar-refractivity contribution in [3.63, 3.8) is 0 Å². The van der Waals surface area contributed by atoms with Crippen molar-refractivity contribution in [2.75, 3.05) is 4.90 Å². The topological polar surface area (TPSA) is 45.1 Å². The molecule has 4 nitrogen and oxygen atoms in total. The van der Waals surface area contributed by atoms with Crippen LogP contribution in [0, 0.1) is 11.3 Å². The Labute approximate surface area is 184 Å². The van der Waals surface area contributed by atoms with Crippen molar-refractivity contribution in [2.45, 2.75) is 19.9 Å². The molecule has 0 fully saturated rings. The van der Waals surface area contributed by atoms with Crippen LogP contribution < -0.4 is 4.90 Å². The van der Waals surface area contributed by atoms with Gasteiger partial charge in [-0.3, -0.25) is 0 Å². The Morgan fingerprint density at radius 1 is 0.750 bits per heavy atom. The van der Waals surface area contributed by atoms with Crippen molar-refractivity contribution >= 4 is 55.1 Å². The molecular formula is C28H19N3O. The molecule has 4 heteroatoms. The molecule has 1 aliphatic heterocycles. The molecule has 0 N–H and O–H groups in total. The summed E-state index contributed by atoms with van der Waals surface area (Å²) in [5.74, 6) is 0. The summed E-state index contributed by atoms with van der Waals surface area (Å²) in [6.45, 7) is 4.39. The highest BCUT2D eigenvalue weighted by atomic mass is 16.3. The standard InChI is InChI=1S/C28H19N3O/c1-16(2)30-21-8-4-5-9-22(21)31-27-20(13-17(15-29)14-23(27)30)18-11-12-25-26(28(18)31)19-7-3-6-10-24(19)32-25/h3-14,16H,1-2H3. The van der Waals surface area contributed by atoms with Crippen molar-refractivity contribution in [3.05, 3.63) is 78.4 Å². The van der Waals surface area contributed by atoms with E-state index in [2.05, 4.69) is 77.9 Å². The highest BCUT2D eigenvalue weighted by molar-refractivity contribution is 6.26. The van der Waals surface area contributed by atoms with E-state index in [1.54, 1.807) is 0 Å². The normalized spacial score (nSPS) is 12.9. The van der Waals surface area contributed by atoms with Crippen LogP contribution in [-0.2, 0) is 0 Å². The second kappa shape index (κ2) is 5.93. The van der Waals surface area contributed by atoms with Gasteiger partial charge in [0, 0.05) is 22.2 Å². The smallest absolute Gasteiger partial charge is 0.137 e. The largest absolute Gasteiger partial charge is 0.456 e. The maximum atomic E-state index is 9.82. The first-order valence-electron chi connectivity index (χ1n) is 10.9. The van der Waals surface area contributed by atoms with Gasteiger partial charge in [0.25, 0.3) is 0 Å². The second-order valence-corrected chi connectivity index (χ2v) is 8.72. The lowest BCUT2D eigenvalue weighted by Crippen LogP contribution is -2.29. The summed E-state index contributed by atoms with van der Waals surface area (Å²) in [6.07, 6.45) is 0. The van der Waals surface area contributed by atoms with Gasteiger partial charge in [-0.2, -0.15) is 5.26 Å². The summed E-state index contributed by atoms with van der Waals surface area (Å²) in [6, 6.07) is 27.6. The molecule has 3 heterocycles. The molecule has 0 spiro atoms. The number of fused-ring (bicyclic) bond motifs is 9. The molecule has 0 aliphatic carbocycles. The van der Waals surface area contributed by atoms with Crippen molar-refractivity contribution in [2.24, 2.45) is 0 Å². The van der Waals surface area contributed by atoms with Gasteiger partial charge in [-0.05, 0) is 56.3 Å². The van der Waals surface area contributed by atoms with Gasteiger partial charge in [-0.1, -0.05) is 30.3 Å². The van der Waals surface area contributed by atoms with Gasteiger partial charge in [0.15, 0.2) is 0 Å². The molecule has 2 aromatic heterocycles. The lowest BCUT2D eigenvalue weighted by atomic mass is 10.0. The van der Waals surface area contributed by atoms with Gasteiger partial charge in [0.2, 0.25) is 0 Å². The summed E-state index contributed by atoms with van der Waals surface area (Å²) in [5.41, 5.74) is 8.09. The Kier molecular flexibility index (Phi) is 3.23. The van der Waals surface area contributed by atoms with E-state index in [0.29, 0.717) is 5.56 Å². The highest BCUT2D eigenvalue weighted by Gasteiger charge is 2.30. The lowest BCUT2D eigenvalue weighted by Gasteiger charge is -2.36. The number of nitriles is 1. The number of anilines is 2. The monoisotopic (exact) mass is 413 g/mol. The van der Waals surface area contributed by atoms with E-state index in [1.165, 1.54) is 0 Å². The molecule has 0 bridgehead atoms. The van der Waals surface area contributed by atoms with Crippen LogP contribution in [0.1, 0.15) is 19.4 Å². The second-order valence-electron chi connectivity index (χ2n) is 8.72. The summed E-state index contributed by atoms with van der Waals surface area (Å²) < 4.78 is 8.60. The van der Waals surface area contributed by atoms with Crippen LogP contribution in [0.4, 0.5) is 11.4 Å². The van der Waals surface area contributed by atoms with Gasteiger partial charge >= 0.3 is 0 Å². The van der Waals surface area contributed by atoms with Gasteiger partial charge in [0.1, 0.15) is 11.2 Å². The van der Waals surface area contributed by atoms with Crippen molar-refractivity contribution < 1.29 is 4.42 Å². The van der Waals surface area contributed by atoms with Crippen LogP contribution in [-0.4, -0.2) is 10.6 Å². The molecule has 0 atom stereocenters. The Morgan fingerprint density at radius 3 is 2.34 bits per heavy atom. The quantitative estimate of drug-likeness (QED) is 0.282. The minimum atomic E-state index is 0.245. The fourth-order valence-corrected chi connectivity index (χ4v) is 5.45. The third kappa shape index (κ3) is 2.01.